The summed E-state index contributed by atoms with van der Waals surface area (Å²) in [4.78, 5) is 22.7. The highest BCUT2D eigenvalue weighted by atomic mass is 16.3. The highest BCUT2D eigenvalue weighted by Crippen LogP contribution is 2.16. The van der Waals surface area contributed by atoms with E-state index in [9.17, 15) is 4.79 Å². The van der Waals surface area contributed by atoms with Gasteiger partial charge in [0.1, 0.15) is 5.69 Å². The molecule has 0 saturated carbocycles. The smallest absolute Gasteiger partial charge is 0.270 e. The summed E-state index contributed by atoms with van der Waals surface area (Å²) in [5.74, 6) is 0.367. The maximum atomic E-state index is 11.9. The van der Waals surface area contributed by atoms with E-state index < -0.39 is 0 Å². The average Bonchev–Trinajstić information content (AvgIpc) is 2.45. The third-order valence-electron chi connectivity index (χ3n) is 3.11. The third kappa shape index (κ3) is 3.64. The Morgan fingerprint density at radius 3 is 2.79 bits per heavy atom. The first-order valence-electron chi connectivity index (χ1n) is 6.70. The van der Waals surface area contributed by atoms with Gasteiger partial charge in [0, 0.05) is 25.3 Å². The predicted molar refractivity (Wildman–Crippen MR) is 72.3 cm³/mol. The molecule has 1 amide bonds. The number of aliphatic hydroxyl groups excluding tert-OH is 1. The van der Waals surface area contributed by atoms with E-state index in [2.05, 4.69) is 20.2 Å². The normalized spacial score (nSPS) is 15.4. The first kappa shape index (κ1) is 13.7. The van der Waals surface area contributed by atoms with Crippen LogP contribution in [0.15, 0.2) is 6.07 Å². The van der Waals surface area contributed by atoms with E-state index in [4.69, 9.17) is 5.11 Å². The van der Waals surface area contributed by atoms with Crippen molar-refractivity contribution in [1.29, 1.82) is 0 Å². The summed E-state index contributed by atoms with van der Waals surface area (Å²) in [6.07, 6.45) is 3.53. The number of anilines is 1. The van der Waals surface area contributed by atoms with Crippen LogP contribution in [0.5, 0.6) is 0 Å². The summed E-state index contributed by atoms with van der Waals surface area (Å²) in [5.41, 5.74) is 1.14. The molecule has 0 aromatic carbocycles. The second kappa shape index (κ2) is 6.47. The number of aryl methyl sites for hydroxylation is 1. The van der Waals surface area contributed by atoms with Crippen molar-refractivity contribution < 1.29 is 9.90 Å². The van der Waals surface area contributed by atoms with Crippen LogP contribution in [0.4, 0.5) is 5.95 Å². The summed E-state index contributed by atoms with van der Waals surface area (Å²) in [6, 6.07) is 1.67. The van der Waals surface area contributed by atoms with Crippen molar-refractivity contribution in [3.8, 4) is 0 Å². The standard InChI is InChI=1S/C13H20N4O2/c1-10-9-11(12(19)14-5-8-18)16-13(15-10)17-6-3-2-4-7-17/h9,18H,2-8H2,1H3,(H,14,19). The Kier molecular flexibility index (Phi) is 4.68. The van der Waals surface area contributed by atoms with Crippen molar-refractivity contribution in [2.45, 2.75) is 26.2 Å². The lowest BCUT2D eigenvalue weighted by Gasteiger charge is -2.27. The molecule has 1 fully saturated rings. The molecule has 0 radical (unpaired) electrons. The molecule has 0 unspecified atom stereocenters. The van der Waals surface area contributed by atoms with Gasteiger partial charge in [-0.3, -0.25) is 4.79 Å². The zero-order valence-electron chi connectivity index (χ0n) is 11.2. The molecule has 1 aliphatic rings. The molecule has 104 valence electrons. The van der Waals surface area contributed by atoms with Gasteiger partial charge in [0.15, 0.2) is 0 Å². The molecule has 2 rings (SSSR count). The molecule has 1 aliphatic heterocycles. The molecule has 6 nitrogen and oxygen atoms in total. The maximum Gasteiger partial charge on any atom is 0.270 e. The van der Waals surface area contributed by atoms with Gasteiger partial charge in [0.25, 0.3) is 5.91 Å². The van der Waals surface area contributed by atoms with Crippen molar-refractivity contribution in [2.24, 2.45) is 0 Å². The molecule has 19 heavy (non-hydrogen) atoms. The number of aromatic nitrogens is 2. The Balaban J connectivity index is 2.16. The van der Waals surface area contributed by atoms with Crippen molar-refractivity contribution in [3.63, 3.8) is 0 Å². The van der Waals surface area contributed by atoms with Crippen LogP contribution in [0.1, 0.15) is 35.4 Å². The van der Waals surface area contributed by atoms with Gasteiger partial charge < -0.3 is 15.3 Å². The van der Waals surface area contributed by atoms with Crippen LogP contribution in [0.2, 0.25) is 0 Å². The lowest BCUT2D eigenvalue weighted by molar-refractivity contribution is 0.0939. The summed E-state index contributed by atoms with van der Waals surface area (Å²) in [6.45, 7) is 3.91. The van der Waals surface area contributed by atoms with Gasteiger partial charge in [-0.2, -0.15) is 0 Å². The van der Waals surface area contributed by atoms with Crippen LogP contribution in [0.25, 0.3) is 0 Å². The van der Waals surface area contributed by atoms with Crippen LogP contribution in [0, 0.1) is 6.92 Å². The quantitative estimate of drug-likeness (QED) is 0.828. The van der Waals surface area contributed by atoms with Crippen LogP contribution in [-0.2, 0) is 0 Å². The number of carbonyl (C=O) groups is 1. The molecule has 6 heteroatoms. The van der Waals surface area contributed by atoms with Gasteiger partial charge in [-0.1, -0.05) is 0 Å². The fourth-order valence-corrected chi connectivity index (χ4v) is 2.16. The SMILES string of the molecule is Cc1cc(C(=O)NCCO)nc(N2CCCCC2)n1. The Bertz CT molecular complexity index is 444. The first-order chi connectivity index (χ1) is 9.20. The Morgan fingerprint density at radius 2 is 2.11 bits per heavy atom. The van der Waals surface area contributed by atoms with Gasteiger partial charge in [0.05, 0.1) is 6.61 Å². The predicted octanol–water partition coefficient (Wildman–Crippen LogP) is 0.497. The van der Waals surface area contributed by atoms with Crippen molar-refractivity contribution in [1.82, 2.24) is 15.3 Å². The summed E-state index contributed by atoms with van der Waals surface area (Å²) in [5, 5.41) is 11.3. The number of aliphatic hydroxyl groups is 1. The average molecular weight is 264 g/mol. The number of rotatable bonds is 4. The molecule has 2 heterocycles. The number of hydrogen-bond acceptors (Lipinski definition) is 5. The highest BCUT2D eigenvalue weighted by Gasteiger charge is 2.16. The number of nitrogens with zero attached hydrogens (tertiary/aromatic N) is 3. The van der Waals surface area contributed by atoms with Gasteiger partial charge >= 0.3 is 0 Å². The highest BCUT2D eigenvalue weighted by molar-refractivity contribution is 5.92. The molecule has 1 saturated heterocycles. The third-order valence-corrected chi connectivity index (χ3v) is 3.11. The summed E-state index contributed by atoms with van der Waals surface area (Å²) < 4.78 is 0. The Labute approximate surface area is 112 Å². The van der Waals surface area contributed by atoms with E-state index in [0.717, 1.165) is 31.6 Å². The van der Waals surface area contributed by atoms with Gasteiger partial charge in [-0.05, 0) is 32.3 Å². The molecule has 0 atom stereocenters. The molecule has 0 bridgehead atoms. The van der Waals surface area contributed by atoms with E-state index in [-0.39, 0.29) is 19.1 Å². The second-order valence-electron chi connectivity index (χ2n) is 4.72. The van der Waals surface area contributed by atoms with E-state index in [1.807, 2.05) is 6.92 Å². The van der Waals surface area contributed by atoms with Crippen LogP contribution in [-0.4, -0.2) is 47.2 Å². The number of carbonyl (C=O) groups excluding carboxylic acids is 1. The molecule has 0 aliphatic carbocycles. The van der Waals surface area contributed by atoms with Crippen LogP contribution in [0.3, 0.4) is 0 Å². The van der Waals surface area contributed by atoms with E-state index in [1.165, 1.54) is 6.42 Å². The Morgan fingerprint density at radius 1 is 1.37 bits per heavy atom. The number of piperidine rings is 1. The minimum atomic E-state index is -0.266. The lowest BCUT2D eigenvalue weighted by atomic mass is 10.1. The number of amides is 1. The minimum absolute atomic E-state index is 0.0746. The molecular weight excluding hydrogens is 244 g/mol. The summed E-state index contributed by atoms with van der Waals surface area (Å²) in [7, 11) is 0. The molecule has 1 aromatic heterocycles. The topological polar surface area (TPSA) is 78.3 Å². The largest absolute Gasteiger partial charge is 0.395 e. The zero-order chi connectivity index (χ0) is 13.7. The van der Waals surface area contributed by atoms with E-state index in [0.29, 0.717) is 11.6 Å². The fourth-order valence-electron chi connectivity index (χ4n) is 2.16. The second-order valence-corrected chi connectivity index (χ2v) is 4.72. The van der Waals surface area contributed by atoms with Crippen LogP contribution < -0.4 is 10.2 Å². The maximum absolute atomic E-state index is 11.9. The lowest BCUT2D eigenvalue weighted by Crippen LogP contribution is -2.33. The Hall–Kier alpha value is -1.69. The van der Waals surface area contributed by atoms with E-state index >= 15 is 0 Å². The fraction of sp³-hybridized carbons (Fsp3) is 0.615. The number of nitrogens with one attached hydrogen (secondary N) is 1. The monoisotopic (exact) mass is 264 g/mol. The molecule has 2 N–H and O–H groups in total. The van der Waals surface area contributed by atoms with Gasteiger partial charge in [-0.15, -0.1) is 0 Å². The van der Waals surface area contributed by atoms with E-state index in [1.54, 1.807) is 6.07 Å². The first-order valence-corrected chi connectivity index (χ1v) is 6.70. The molecule has 1 aromatic rings. The van der Waals surface area contributed by atoms with Crippen molar-refractivity contribution in [2.75, 3.05) is 31.1 Å². The zero-order valence-corrected chi connectivity index (χ0v) is 11.2. The molecular formula is C13H20N4O2. The molecule has 0 spiro atoms. The van der Waals surface area contributed by atoms with Crippen molar-refractivity contribution >= 4 is 11.9 Å². The van der Waals surface area contributed by atoms with Crippen molar-refractivity contribution in [3.05, 3.63) is 17.5 Å². The minimum Gasteiger partial charge on any atom is -0.395 e. The van der Waals surface area contributed by atoms with Gasteiger partial charge in [0.2, 0.25) is 5.95 Å². The summed E-state index contributed by atoms with van der Waals surface area (Å²) >= 11 is 0. The number of hydrogen-bond donors (Lipinski definition) is 2. The van der Waals surface area contributed by atoms with Gasteiger partial charge in [-0.25, -0.2) is 9.97 Å². The van der Waals surface area contributed by atoms with Crippen LogP contribution >= 0.6 is 0 Å².